The number of benzene rings is 2. The maximum Gasteiger partial charge on any atom is 0.233 e. The van der Waals surface area contributed by atoms with Gasteiger partial charge in [0.1, 0.15) is 18.0 Å². The molecule has 0 bridgehead atoms. The molecule has 0 aliphatic rings. The molecule has 10 heteroatoms. The molecule has 0 fully saturated rings. The Morgan fingerprint density at radius 3 is 1.70 bits per heavy atom. The van der Waals surface area contributed by atoms with Crippen molar-refractivity contribution in [2.75, 3.05) is 16.0 Å². The SMILES string of the molecule is Fc1ccc(Nc2nc(NCc3ccncn3)nc(Nc3ccc(F)cc3)n2)cc1. The summed E-state index contributed by atoms with van der Waals surface area (Å²) in [7, 11) is 0. The highest BCUT2D eigenvalue weighted by atomic mass is 19.1. The fourth-order valence-corrected chi connectivity index (χ4v) is 2.48. The molecule has 0 atom stereocenters. The summed E-state index contributed by atoms with van der Waals surface area (Å²) in [5.74, 6) is 0.0831. The highest BCUT2D eigenvalue weighted by Crippen LogP contribution is 2.19. The standard InChI is InChI=1S/C20H16F2N8/c21-13-1-5-15(6-2-13)26-19-28-18(24-11-17-9-10-23-12-25-17)29-20(30-19)27-16-7-3-14(22)4-8-16/h1-10,12H,11H2,(H3,24,26,27,28,29,30). The van der Waals surface area contributed by atoms with Crippen LogP contribution in [0.3, 0.4) is 0 Å². The van der Waals surface area contributed by atoms with Gasteiger partial charge in [-0.2, -0.15) is 15.0 Å². The number of anilines is 5. The first-order valence-corrected chi connectivity index (χ1v) is 8.94. The highest BCUT2D eigenvalue weighted by Gasteiger charge is 2.08. The van der Waals surface area contributed by atoms with Gasteiger partial charge in [0.15, 0.2) is 0 Å². The van der Waals surface area contributed by atoms with Crippen molar-refractivity contribution in [1.29, 1.82) is 0 Å². The van der Waals surface area contributed by atoms with E-state index in [2.05, 4.69) is 40.9 Å². The van der Waals surface area contributed by atoms with E-state index >= 15 is 0 Å². The van der Waals surface area contributed by atoms with Crippen LogP contribution < -0.4 is 16.0 Å². The van der Waals surface area contributed by atoms with Crippen molar-refractivity contribution in [3.05, 3.63) is 84.4 Å². The zero-order valence-electron chi connectivity index (χ0n) is 15.5. The molecule has 2 aromatic carbocycles. The van der Waals surface area contributed by atoms with Crippen LogP contribution in [0.25, 0.3) is 0 Å². The molecule has 2 heterocycles. The fraction of sp³-hybridized carbons (Fsp3) is 0.0500. The highest BCUT2D eigenvalue weighted by molar-refractivity contribution is 5.59. The Kier molecular flexibility index (Phi) is 5.65. The van der Waals surface area contributed by atoms with Gasteiger partial charge in [0.2, 0.25) is 17.8 Å². The van der Waals surface area contributed by atoms with Crippen molar-refractivity contribution in [1.82, 2.24) is 24.9 Å². The fourth-order valence-electron chi connectivity index (χ4n) is 2.48. The van der Waals surface area contributed by atoms with Crippen LogP contribution in [0.2, 0.25) is 0 Å². The predicted octanol–water partition coefficient (Wildman–Crippen LogP) is 4.04. The van der Waals surface area contributed by atoms with Crippen molar-refractivity contribution >= 4 is 29.2 Å². The Morgan fingerprint density at radius 2 is 1.20 bits per heavy atom. The van der Waals surface area contributed by atoms with E-state index in [1.165, 1.54) is 30.6 Å². The van der Waals surface area contributed by atoms with E-state index in [1.54, 1.807) is 36.5 Å². The molecule has 30 heavy (non-hydrogen) atoms. The molecule has 0 saturated carbocycles. The van der Waals surface area contributed by atoms with Crippen molar-refractivity contribution in [2.45, 2.75) is 6.54 Å². The van der Waals surface area contributed by atoms with Gasteiger partial charge in [0, 0.05) is 17.6 Å². The second kappa shape index (κ2) is 8.86. The summed E-state index contributed by atoms with van der Waals surface area (Å²) in [5, 5.41) is 9.10. The average Bonchev–Trinajstić information content (AvgIpc) is 2.76. The summed E-state index contributed by atoms with van der Waals surface area (Å²) >= 11 is 0. The van der Waals surface area contributed by atoms with Gasteiger partial charge in [-0.05, 0) is 54.6 Å². The van der Waals surface area contributed by atoms with E-state index < -0.39 is 0 Å². The first kappa shape index (κ1) is 19.1. The Hall–Kier alpha value is -4.21. The van der Waals surface area contributed by atoms with E-state index in [9.17, 15) is 8.78 Å². The summed E-state index contributed by atoms with van der Waals surface area (Å²) < 4.78 is 26.3. The van der Waals surface area contributed by atoms with Crippen LogP contribution >= 0.6 is 0 Å². The molecule has 0 spiro atoms. The topological polar surface area (TPSA) is 101 Å². The quantitative estimate of drug-likeness (QED) is 0.423. The number of hydrogen-bond acceptors (Lipinski definition) is 8. The second-order valence-corrected chi connectivity index (χ2v) is 6.12. The zero-order chi connectivity index (χ0) is 20.8. The van der Waals surface area contributed by atoms with Gasteiger partial charge in [-0.3, -0.25) is 0 Å². The summed E-state index contributed by atoms with van der Waals surface area (Å²) in [5.41, 5.74) is 1.97. The summed E-state index contributed by atoms with van der Waals surface area (Å²) in [6.07, 6.45) is 3.09. The lowest BCUT2D eigenvalue weighted by molar-refractivity contribution is 0.627. The number of halogens is 2. The van der Waals surface area contributed by atoms with Gasteiger partial charge in [-0.15, -0.1) is 0 Å². The van der Waals surface area contributed by atoms with Gasteiger partial charge >= 0.3 is 0 Å². The lowest BCUT2D eigenvalue weighted by Crippen LogP contribution is -2.10. The molecule has 4 rings (SSSR count). The normalized spacial score (nSPS) is 10.5. The molecule has 0 aliphatic heterocycles. The third-order valence-corrected chi connectivity index (χ3v) is 3.91. The van der Waals surface area contributed by atoms with Gasteiger partial charge in [0.05, 0.1) is 12.2 Å². The van der Waals surface area contributed by atoms with Crippen LogP contribution in [0.1, 0.15) is 5.69 Å². The van der Waals surface area contributed by atoms with Gasteiger partial charge in [-0.1, -0.05) is 0 Å². The Bertz CT molecular complexity index is 1040. The van der Waals surface area contributed by atoms with E-state index in [-0.39, 0.29) is 29.5 Å². The number of hydrogen-bond donors (Lipinski definition) is 3. The molecular formula is C20H16F2N8. The minimum absolute atomic E-state index is 0.242. The molecule has 3 N–H and O–H groups in total. The lowest BCUT2D eigenvalue weighted by atomic mass is 10.3. The first-order valence-electron chi connectivity index (χ1n) is 8.94. The first-order chi connectivity index (χ1) is 14.6. The third kappa shape index (κ3) is 5.19. The maximum atomic E-state index is 13.2. The molecule has 8 nitrogen and oxygen atoms in total. The molecule has 0 unspecified atom stereocenters. The van der Waals surface area contributed by atoms with Crippen LogP contribution in [-0.2, 0) is 6.54 Å². The maximum absolute atomic E-state index is 13.2. The van der Waals surface area contributed by atoms with Crippen LogP contribution in [-0.4, -0.2) is 24.9 Å². The molecule has 0 saturated heterocycles. The van der Waals surface area contributed by atoms with Crippen molar-refractivity contribution in [2.24, 2.45) is 0 Å². The minimum atomic E-state index is -0.345. The molecule has 0 aliphatic carbocycles. The lowest BCUT2D eigenvalue weighted by Gasteiger charge is -2.11. The molecular weight excluding hydrogens is 390 g/mol. The van der Waals surface area contributed by atoms with Crippen LogP contribution in [0.15, 0.2) is 67.1 Å². The van der Waals surface area contributed by atoms with E-state index in [0.717, 1.165) is 5.69 Å². The molecule has 0 radical (unpaired) electrons. The molecule has 150 valence electrons. The smallest absolute Gasteiger partial charge is 0.233 e. The number of rotatable bonds is 7. The van der Waals surface area contributed by atoms with Crippen LogP contribution in [0.4, 0.5) is 38.0 Å². The Balaban J connectivity index is 1.58. The minimum Gasteiger partial charge on any atom is -0.348 e. The number of aromatic nitrogens is 5. The van der Waals surface area contributed by atoms with Crippen molar-refractivity contribution < 1.29 is 8.78 Å². The van der Waals surface area contributed by atoms with Crippen molar-refractivity contribution in [3.8, 4) is 0 Å². The van der Waals surface area contributed by atoms with E-state index in [0.29, 0.717) is 17.9 Å². The Labute approximate surface area is 170 Å². The van der Waals surface area contributed by atoms with Crippen molar-refractivity contribution in [3.63, 3.8) is 0 Å². The number of nitrogens with one attached hydrogen (secondary N) is 3. The van der Waals surface area contributed by atoms with Crippen LogP contribution in [0, 0.1) is 11.6 Å². The van der Waals surface area contributed by atoms with Gasteiger partial charge < -0.3 is 16.0 Å². The molecule has 0 amide bonds. The van der Waals surface area contributed by atoms with E-state index in [1.807, 2.05) is 0 Å². The van der Waals surface area contributed by atoms with Gasteiger partial charge in [-0.25, -0.2) is 18.7 Å². The molecule has 2 aromatic heterocycles. The van der Waals surface area contributed by atoms with Gasteiger partial charge in [0.25, 0.3) is 0 Å². The number of nitrogens with zero attached hydrogens (tertiary/aromatic N) is 5. The zero-order valence-corrected chi connectivity index (χ0v) is 15.5. The Morgan fingerprint density at radius 1 is 0.667 bits per heavy atom. The largest absolute Gasteiger partial charge is 0.348 e. The predicted molar refractivity (Wildman–Crippen MR) is 109 cm³/mol. The van der Waals surface area contributed by atoms with Crippen LogP contribution in [0.5, 0.6) is 0 Å². The van der Waals surface area contributed by atoms with E-state index in [4.69, 9.17) is 0 Å². The second-order valence-electron chi connectivity index (χ2n) is 6.12. The third-order valence-electron chi connectivity index (χ3n) is 3.91. The summed E-state index contributed by atoms with van der Waals surface area (Å²) in [4.78, 5) is 21.0. The summed E-state index contributed by atoms with van der Waals surface area (Å²) in [6, 6.07) is 13.4. The monoisotopic (exact) mass is 406 g/mol. The average molecular weight is 406 g/mol. The molecule has 4 aromatic rings. The summed E-state index contributed by atoms with van der Waals surface area (Å²) in [6.45, 7) is 0.374.